The number of ether oxygens (including phenoxy) is 1. The zero-order valence-electron chi connectivity index (χ0n) is 19.9. The average molecular weight is 463 g/mol. The highest BCUT2D eigenvalue weighted by molar-refractivity contribution is 5.90. The Hall–Kier alpha value is -2.97. The topological polar surface area (TPSA) is 75.5 Å². The molecule has 2 aliphatic heterocycles. The summed E-state index contributed by atoms with van der Waals surface area (Å²) in [5, 5.41) is 13.2. The van der Waals surface area contributed by atoms with E-state index in [9.17, 15) is 4.79 Å². The predicted molar refractivity (Wildman–Crippen MR) is 133 cm³/mol. The van der Waals surface area contributed by atoms with Gasteiger partial charge >= 0.3 is 0 Å². The average Bonchev–Trinajstić information content (AvgIpc) is 3.26. The van der Waals surface area contributed by atoms with Crippen LogP contribution in [0.2, 0.25) is 0 Å². The number of benzene rings is 1. The Balaban J connectivity index is 1.29. The molecule has 1 N–H and O–H groups in total. The van der Waals surface area contributed by atoms with Crippen molar-refractivity contribution >= 4 is 22.6 Å². The number of hydrogen-bond donors (Lipinski definition) is 1. The van der Waals surface area contributed by atoms with Crippen molar-refractivity contribution in [1.29, 1.82) is 0 Å². The summed E-state index contributed by atoms with van der Waals surface area (Å²) in [7, 11) is 0. The van der Waals surface area contributed by atoms with Crippen LogP contribution in [0.3, 0.4) is 0 Å². The molecule has 5 rings (SSSR count). The second-order valence-corrected chi connectivity index (χ2v) is 9.18. The summed E-state index contributed by atoms with van der Waals surface area (Å²) < 4.78 is 7.54. The maximum Gasteiger partial charge on any atom is 0.224 e. The van der Waals surface area contributed by atoms with Crippen LogP contribution in [0.4, 0.5) is 5.82 Å². The van der Waals surface area contributed by atoms with Crippen LogP contribution < -0.4 is 10.2 Å². The smallest absolute Gasteiger partial charge is 0.224 e. The third kappa shape index (κ3) is 4.93. The highest BCUT2D eigenvalue weighted by atomic mass is 16.5. The first kappa shape index (κ1) is 22.8. The molecule has 34 heavy (non-hydrogen) atoms. The summed E-state index contributed by atoms with van der Waals surface area (Å²) in [5.41, 5.74) is 2.04. The van der Waals surface area contributed by atoms with Gasteiger partial charge in [0.1, 0.15) is 0 Å². The van der Waals surface area contributed by atoms with E-state index in [1.165, 1.54) is 0 Å². The van der Waals surface area contributed by atoms with Crippen molar-refractivity contribution in [1.82, 2.24) is 25.0 Å². The minimum atomic E-state index is 0.0478. The number of carbonyl (C=O) groups is 1. The fraction of sp³-hybridized carbons (Fsp3) is 0.500. The largest absolute Gasteiger partial charge is 0.379 e. The molecular formula is C26H34N6O2. The van der Waals surface area contributed by atoms with E-state index < -0.39 is 0 Å². The van der Waals surface area contributed by atoms with Gasteiger partial charge < -0.3 is 15.0 Å². The van der Waals surface area contributed by atoms with Crippen molar-refractivity contribution in [3.63, 3.8) is 0 Å². The van der Waals surface area contributed by atoms with Gasteiger partial charge in [0.2, 0.25) is 5.91 Å². The Morgan fingerprint density at radius 1 is 1.03 bits per heavy atom. The molecule has 8 heteroatoms. The molecule has 2 saturated heterocycles. The van der Waals surface area contributed by atoms with E-state index in [1.54, 1.807) is 0 Å². The van der Waals surface area contributed by atoms with Gasteiger partial charge in [0.25, 0.3) is 0 Å². The maximum atomic E-state index is 12.3. The second-order valence-electron chi connectivity index (χ2n) is 9.18. The Kier molecular flexibility index (Phi) is 7.06. The molecular weight excluding hydrogens is 428 g/mol. The van der Waals surface area contributed by atoms with Crippen LogP contribution in [0, 0.1) is 0 Å². The lowest BCUT2D eigenvalue weighted by atomic mass is 10.0. The van der Waals surface area contributed by atoms with Crippen LogP contribution in [-0.4, -0.2) is 77.6 Å². The highest BCUT2D eigenvalue weighted by Crippen LogP contribution is 2.26. The van der Waals surface area contributed by atoms with Gasteiger partial charge in [-0.05, 0) is 43.0 Å². The van der Waals surface area contributed by atoms with Gasteiger partial charge in [-0.2, -0.15) is 0 Å². The molecule has 0 unspecified atom stereocenters. The van der Waals surface area contributed by atoms with Crippen LogP contribution >= 0.6 is 0 Å². The Labute approximate surface area is 200 Å². The summed E-state index contributed by atoms with van der Waals surface area (Å²) >= 11 is 0. The monoisotopic (exact) mass is 462 g/mol. The maximum absolute atomic E-state index is 12.3. The fourth-order valence-corrected chi connectivity index (χ4v) is 5.10. The first-order valence-corrected chi connectivity index (χ1v) is 12.5. The number of aromatic nitrogens is 3. The number of hydrogen-bond acceptors (Lipinski definition) is 6. The van der Waals surface area contributed by atoms with Crippen molar-refractivity contribution < 1.29 is 9.53 Å². The number of fused-ring (bicyclic) bond motifs is 1. The molecule has 3 aromatic rings. The molecule has 2 fully saturated rings. The quantitative estimate of drug-likeness (QED) is 0.582. The molecule has 0 radical (unpaired) electrons. The molecule has 1 aromatic carbocycles. The molecule has 0 saturated carbocycles. The molecule has 0 spiro atoms. The number of morpholine rings is 1. The van der Waals surface area contributed by atoms with E-state index in [-0.39, 0.29) is 5.91 Å². The van der Waals surface area contributed by atoms with Crippen LogP contribution in [0.25, 0.3) is 16.7 Å². The van der Waals surface area contributed by atoms with Crippen molar-refractivity contribution in [2.24, 2.45) is 0 Å². The SMILES string of the molecule is CCCNC(=O)Cc1cn(-c2ccc(N3CCC(N4CCOCC4)CC3)nn2)c2ccccc12. The van der Waals surface area contributed by atoms with Gasteiger partial charge in [0.05, 0.1) is 25.2 Å². The van der Waals surface area contributed by atoms with Gasteiger partial charge in [-0.3, -0.25) is 14.3 Å². The molecule has 0 aliphatic carbocycles. The minimum Gasteiger partial charge on any atom is -0.379 e. The Morgan fingerprint density at radius 2 is 1.76 bits per heavy atom. The van der Waals surface area contributed by atoms with E-state index in [1.807, 2.05) is 29.0 Å². The number of carbonyl (C=O) groups excluding carboxylic acids is 1. The standard InChI is InChI=1S/C26H34N6O2/c1-2-11-27-26(33)18-20-19-32(23-6-4-3-5-22(20)23)25-8-7-24(28-29-25)31-12-9-21(10-13-31)30-14-16-34-17-15-30/h3-8,19,21H,2,9-18H2,1H3,(H,27,33). The molecule has 180 valence electrons. The van der Waals surface area contributed by atoms with Gasteiger partial charge in [0, 0.05) is 50.3 Å². The number of para-hydroxylation sites is 1. The van der Waals surface area contributed by atoms with E-state index in [2.05, 4.69) is 50.4 Å². The van der Waals surface area contributed by atoms with Crippen molar-refractivity contribution in [3.8, 4) is 5.82 Å². The van der Waals surface area contributed by atoms with Crippen LogP contribution in [0.1, 0.15) is 31.7 Å². The molecule has 4 heterocycles. The lowest BCUT2D eigenvalue weighted by molar-refractivity contribution is -0.120. The molecule has 8 nitrogen and oxygen atoms in total. The van der Waals surface area contributed by atoms with E-state index in [0.717, 1.165) is 86.8 Å². The Morgan fingerprint density at radius 3 is 2.50 bits per heavy atom. The molecule has 2 aliphatic rings. The van der Waals surface area contributed by atoms with Crippen LogP contribution in [0.15, 0.2) is 42.6 Å². The summed E-state index contributed by atoms with van der Waals surface area (Å²) in [6.45, 7) is 8.56. The molecule has 2 aromatic heterocycles. The van der Waals surface area contributed by atoms with Crippen LogP contribution in [-0.2, 0) is 16.0 Å². The molecule has 0 bridgehead atoms. The Bertz CT molecular complexity index is 1100. The lowest BCUT2D eigenvalue weighted by Gasteiger charge is -2.40. The number of amides is 1. The third-order valence-corrected chi connectivity index (χ3v) is 6.95. The summed E-state index contributed by atoms with van der Waals surface area (Å²) in [6, 6.07) is 12.9. The zero-order valence-corrected chi connectivity index (χ0v) is 19.9. The fourth-order valence-electron chi connectivity index (χ4n) is 5.10. The van der Waals surface area contributed by atoms with Gasteiger partial charge in [-0.25, -0.2) is 0 Å². The summed E-state index contributed by atoms with van der Waals surface area (Å²) in [4.78, 5) is 17.3. The first-order valence-electron chi connectivity index (χ1n) is 12.5. The number of piperidine rings is 1. The predicted octanol–water partition coefficient (Wildman–Crippen LogP) is 2.79. The zero-order chi connectivity index (χ0) is 23.3. The first-order chi connectivity index (χ1) is 16.7. The number of anilines is 1. The third-order valence-electron chi connectivity index (χ3n) is 6.95. The molecule has 0 atom stereocenters. The van der Waals surface area contributed by atoms with Gasteiger partial charge in [-0.1, -0.05) is 25.1 Å². The summed E-state index contributed by atoms with van der Waals surface area (Å²) in [6.07, 6.45) is 5.61. The lowest BCUT2D eigenvalue weighted by Crippen LogP contribution is -2.49. The summed E-state index contributed by atoms with van der Waals surface area (Å²) in [5.74, 6) is 1.75. The second kappa shape index (κ2) is 10.5. The van der Waals surface area contributed by atoms with Gasteiger partial charge in [0.15, 0.2) is 11.6 Å². The normalized spacial score (nSPS) is 17.9. The van der Waals surface area contributed by atoms with Crippen molar-refractivity contribution in [3.05, 3.63) is 48.2 Å². The van der Waals surface area contributed by atoms with E-state index >= 15 is 0 Å². The van der Waals surface area contributed by atoms with Crippen molar-refractivity contribution in [2.75, 3.05) is 50.8 Å². The van der Waals surface area contributed by atoms with E-state index in [4.69, 9.17) is 4.74 Å². The molecule has 1 amide bonds. The van der Waals surface area contributed by atoms with Crippen molar-refractivity contribution in [2.45, 2.75) is 38.6 Å². The number of nitrogens with zero attached hydrogens (tertiary/aromatic N) is 5. The number of nitrogens with one attached hydrogen (secondary N) is 1. The highest BCUT2D eigenvalue weighted by Gasteiger charge is 2.26. The minimum absolute atomic E-state index is 0.0478. The van der Waals surface area contributed by atoms with Gasteiger partial charge in [-0.15, -0.1) is 10.2 Å². The number of rotatable bonds is 7. The van der Waals surface area contributed by atoms with Crippen LogP contribution in [0.5, 0.6) is 0 Å². The van der Waals surface area contributed by atoms with E-state index in [0.29, 0.717) is 19.0 Å².